The molecule has 0 unspecified atom stereocenters. The third-order valence-electron chi connectivity index (χ3n) is 5.26. The average Bonchev–Trinajstić information content (AvgIpc) is 3.49. The maximum absolute atomic E-state index is 13.4. The van der Waals surface area contributed by atoms with Crippen LogP contribution in [-0.2, 0) is 14.2 Å². The Morgan fingerprint density at radius 3 is 2.27 bits per heavy atom. The minimum Gasteiger partial charge on any atom is -0.465 e. The number of hydrogen-bond acceptors (Lipinski definition) is 11. The number of ether oxygens (including phenoxy) is 3. The van der Waals surface area contributed by atoms with Crippen molar-refractivity contribution in [3.8, 4) is 10.6 Å². The Balaban J connectivity index is 1.73. The molecule has 13 heteroatoms. The zero-order valence-electron chi connectivity index (χ0n) is 23.2. The second kappa shape index (κ2) is 10.6. The van der Waals surface area contributed by atoms with Crippen molar-refractivity contribution in [1.29, 1.82) is 0 Å². The van der Waals surface area contributed by atoms with E-state index in [1.807, 2.05) is 0 Å². The van der Waals surface area contributed by atoms with Crippen LogP contribution in [0.25, 0.3) is 21.5 Å². The average molecular weight is 567 g/mol. The lowest BCUT2D eigenvalue weighted by molar-refractivity contribution is 0.0520. The lowest BCUT2D eigenvalue weighted by Crippen LogP contribution is -2.33. The van der Waals surface area contributed by atoms with E-state index < -0.39 is 29.4 Å². The number of rotatable bonds is 4. The highest BCUT2D eigenvalue weighted by molar-refractivity contribution is 7.18. The zero-order valence-corrected chi connectivity index (χ0v) is 24.0. The maximum Gasteiger partial charge on any atom is 0.435 e. The summed E-state index contributed by atoms with van der Waals surface area (Å²) in [6.07, 6.45) is 0.216. The van der Waals surface area contributed by atoms with Gasteiger partial charge in [0.15, 0.2) is 0 Å². The van der Waals surface area contributed by atoms with Crippen LogP contribution in [0.2, 0.25) is 0 Å². The summed E-state index contributed by atoms with van der Waals surface area (Å²) in [5.74, 6) is -0.552. The van der Waals surface area contributed by atoms with E-state index in [1.54, 1.807) is 77.9 Å². The van der Waals surface area contributed by atoms with Gasteiger partial charge in [0, 0.05) is 16.6 Å². The number of nitrogens with two attached hydrogens (primary N) is 1. The van der Waals surface area contributed by atoms with Crippen molar-refractivity contribution in [2.75, 3.05) is 17.7 Å². The molecule has 0 saturated carbocycles. The van der Waals surface area contributed by atoms with Crippen LogP contribution in [-0.4, -0.2) is 56.4 Å². The van der Waals surface area contributed by atoms with E-state index in [9.17, 15) is 14.4 Å². The number of nitrogens with zero attached hydrogens (tertiary/aromatic N) is 5. The maximum atomic E-state index is 13.4. The zero-order chi connectivity index (χ0) is 29.4. The van der Waals surface area contributed by atoms with Gasteiger partial charge < -0.3 is 19.9 Å². The van der Waals surface area contributed by atoms with Crippen molar-refractivity contribution in [2.24, 2.45) is 0 Å². The predicted octanol–water partition coefficient (Wildman–Crippen LogP) is 5.78. The molecule has 2 N–H and O–H groups in total. The second-order valence-electron chi connectivity index (χ2n) is 10.8. The molecule has 210 valence electrons. The van der Waals surface area contributed by atoms with Gasteiger partial charge in [-0.05, 0) is 71.9 Å². The summed E-state index contributed by atoms with van der Waals surface area (Å²) in [6, 6.07) is 9.80. The molecule has 12 nitrogen and oxygen atoms in total. The molecular formula is C27H30N6O6S. The Labute approximate surface area is 234 Å². The molecule has 2 heterocycles. The van der Waals surface area contributed by atoms with E-state index in [0.29, 0.717) is 27.2 Å². The summed E-state index contributed by atoms with van der Waals surface area (Å²) in [5, 5.41) is 13.9. The first-order valence-electron chi connectivity index (χ1n) is 12.2. The fraction of sp³-hybridized carbons (Fsp3) is 0.333. The van der Waals surface area contributed by atoms with Gasteiger partial charge in [-0.1, -0.05) is 17.4 Å². The first kappa shape index (κ1) is 28.5. The van der Waals surface area contributed by atoms with E-state index in [0.717, 1.165) is 16.0 Å². The van der Waals surface area contributed by atoms with Crippen LogP contribution in [0.5, 0.6) is 0 Å². The number of carbonyl (C=O) groups is 3. The highest BCUT2D eigenvalue weighted by atomic mass is 32.1. The molecule has 0 aliphatic carbocycles. The number of hydrogen-bond donors (Lipinski definition) is 1. The molecule has 0 aliphatic rings. The smallest absolute Gasteiger partial charge is 0.435 e. The molecule has 4 aromatic rings. The molecular weight excluding hydrogens is 536 g/mol. The van der Waals surface area contributed by atoms with Crippen molar-refractivity contribution >= 4 is 56.9 Å². The number of benzene rings is 2. The van der Waals surface area contributed by atoms with Crippen molar-refractivity contribution in [3.63, 3.8) is 0 Å². The molecule has 0 spiro atoms. The minimum atomic E-state index is -0.785. The van der Waals surface area contributed by atoms with Gasteiger partial charge in [-0.25, -0.2) is 19.3 Å². The van der Waals surface area contributed by atoms with Crippen molar-refractivity contribution < 1.29 is 28.6 Å². The lowest BCUT2D eigenvalue weighted by atomic mass is 10.1. The highest BCUT2D eigenvalue weighted by Crippen LogP contribution is 2.36. The number of aromatic nitrogens is 4. The summed E-state index contributed by atoms with van der Waals surface area (Å²) < 4.78 is 17.0. The summed E-state index contributed by atoms with van der Waals surface area (Å²) in [7, 11) is 1.28. The van der Waals surface area contributed by atoms with Gasteiger partial charge in [0.25, 0.3) is 0 Å². The summed E-state index contributed by atoms with van der Waals surface area (Å²) in [4.78, 5) is 39.2. The third kappa shape index (κ3) is 6.20. The summed E-state index contributed by atoms with van der Waals surface area (Å²) >= 11 is 1.13. The molecule has 0 fully saturated rings. The quantitative estimate of drug-likeness (QED) is 0.183. The van der Waals surface area contributed by atoms with Crippen LogP contribution in [0.1, 0.15) is 51.9 Å². The predicted molar refractivity (Wildman–Crippen MR) is 151 cm³/mol. The van der Waals surface area contributed by atoms with Crippen molar-refractivity contribution in [1.82, 2.24) is 20.0 Å². The Kier molecular flexibility index (Phi) is 7.52. The van der Waals surface area contributed by atoms with Gasteiger partial charge in [0.1, 0.15) is 16.2 Å². The van der Waals surface area contributed by atoms with Crippen molar-refractivity contribution in [2.45, 2.75) is 52.7 Å². The first-order valence-corrected chi connectivity index (χ1v) is 13.0. The molecule has 0 bridgehead atoms. The van der Waals surface area contributed by atoms with Gasteiger partial charge in [-0.2, -0.15) is 9.78 Å². The first-order chi connectivity index (χ1) is 18.7. The van der Waals surface area contributed by atoms with Gasteiger partial charge >= 0.3 is 18.2 Å². The molecule has 2 aromatic heterocycles. The van der Waals surface area contributed by atoms with Crippen LogP contribution in [0, 0.1) is 0 Å². The van der Waals surface area contributed by atoms with E-state index in [1.165, 1.54) is 18.2 Å². The number of amides is 1. The van der Waals surface area contributed by atoms with Crippen LogP contribution in [0.15, 0.2) is 42.6 Å². The monoisotopic (exact) mass is 566 g/mol. The number of nitrogen functional groups attached to an aromatic ring is 1. The molecule has 0 radical (unpaired) electrons. The Bertz CT molecular complexity index is 1600. The summed E-state index contributed by atoms with van der Waals surface area (Å²) in [6.45, 7) is 10.6. The van der Waals surface area contributed by atoms with Crippen LogP contribution in [0.3, 0.4) is 0 Å². The van der Waals surface area contributed by atoms with Crippen LogP contribution in [0.4, 0.5) is 26.1 Å². The van der Waals surface area contributed by atoms with Crippen LogP contribution < -0.4 is 10.6 Å². The SMILES string of the molecule is COC(=O)c1ccc(-c2nnc(N(C(=O)OC(C)(C)C)c3ccc4c(cnn4C(=O)OC(C)(C)C)c3)s2)cc1N. The molecule has 0 atom stereocenters. The van der Waals surface area contributed by atoms with E-state index >= 15 is 0 Å². The van der Waals surface area contributed by atoms with Gasteiger partial charge in [0.2, 0.25) is 5.13 Å². The fourth-order valence-corrected chi connectivity index (χ4v) is 4.48. The number of esters is 1. The molecule has 0 saturated heterocycles. The summed E-state index contributed by atoms with van der Waals surface area (Å²) in [5.41, 5.74) is 6.55. The third-order valence-corrected chi connectivity index (χ3v) is 6.22. The molecule has 40 heavy (non-hydrogen) atoms. The lowest BCUT2D eigenvalue weighted by Gasteiger charge is -2.25. The standard InChI is InChI=1S/C27H30N6O6S/c1-26(2,3)38-24(35)32(17-9-11-20-16(12-17)14-29-33(20)25(36)39-27(4,5)6)23-31-30-21(40-23)15-8-10-18(19(28)13-15)22(34)37-7/h8-14H,28H2,1-7H3. The molecule has 2 aromatic carbocycles. The van der Waals surface area contributed by atoms with Gasteiger partial charge in [0.05, 0.1) is 30.1 Å². The Morgan fingerprint density at radius 2 is 1.65 bits per heavy atom. The Hall–Kier alpha value is -4.52. The molecule has 4 rings (SSSR count). The normalized spacial score (nSPS) is 11.8. The van der Waals surface area contributed by atoms with E-state index in [4.69, 9.17) is 19.9 Å². The van der Waals surface area contributed by atoms with E-state index in [-0.39, 0.29) is 16.4 Å². The largest absolute Gasteiger partial charge is 0.465 e. The minimum absolute atomic E-state index is 0.220. The van der Waals surface area contributed by atoms with Gasteiger partial charge in [-0.15, -0.1) is 10.2 Å². The second-order valence-corrected chi connectivity index (χ2v) is 11.7. The Morgan fingerprint density at radius 1 is 0.950 bits per heavy atom. The fourth-order valence-electron chi connectivity index (χ4n) is 3.63. The number of methoxy groups -OCH3 is 1. The van der Waals surface area contributed by atoms with Gasteiger partial charge in [-0.3, -0.25) is 0 Å². The topological polar surface area (TPSA) is 152 Å². The number of fused-ring (bicyclic) bond motifs is 1. The molecule has 1 amide bonds. The van der Waals surface area contributed by atoms with Crippen LogP contribution >= 0.6 is 11.3 Å². The number of anilines is 3. The highest BCUT2D eigenvalue weighted by Gasteiger charge is 2.29. The van der Waals surface area contributed by atoms with E-state index in [2.05, 4.69) is 15.3 Å². The van der Waals surface area contributed by atoms with Crippen molar-refractivity contribution in [3.05, 3.63) is 48.2 Å². The number of carbonyl (C=O) groups excluding carboxylic acids is 3. The molecule has 0 aliphatic heterocycles.